The molecular weight excluding hydrogens is 364 g/mol. The minimum atomic E-state index is -3.73. The van der Waals surface area contributed by atoms with E-state index >= 15 is 0 Å². The third-order valence-electron chi connectivity index (χ3n) is 3.89. The number of hydrogen-bond acceptors (Lipinski definition) is 4. The predicted molar refractivity (Wildman–Crippen MR) is 110 cm³/mol. The smallest absolute Gasteiger partial charge is 0.238 e. The summed E-state index contributed by atoms with van der Waals surface area (Å²) in [5, 5.41) is 3.87. The highest BCUT2D eigenvalue weighted by atomic mass is 32.2. The zero-order chi connectivity index (χ0) is 20.1. The van der Waals surface area contributed by atoms with Crippen molar-refractivity contribution in [3.8, 4) is 0 Å². The maximum Gasteiger partial charge on any atom is 0.238 e. The van der Waals surface area contributed by atoms with E-state index in [1.165, 1.54) is 6.08 Å². The van der Waals surface area contributed by atoms with Gasteiger partial charge in [0.25, 0.3) is 0 Å². The van der Waals surface area contributed by atoms with Crippen LogP contribution in [-0.4, -0.2) is 40.1 Å². The lowest BCUT2D eigenvalue weighted by Crippen LogP contribution is -2.49. The summed E-state index contributed by atoms with van der Waals surface area (Å²) >= 11 is 0. The van der Waals surface area contributed by atoms with Crippen LogP contribution in [0.5, 0.6) is 0 Å². The molecule has 0 aromatic heterocycles. The van der Waals surface area contributed by atoms with E-state index in [0.29, 0.717) is 19.6 Å². The second-order valence-corrected chi connectivity index (χ2v) is 8.31. The molecular formula is C20H32N2O4S. The number of nitrogens with one attached hydrogen (secondary N) is 2. The summed E-state index contributed by atoms with van der Waals surface area (Å²) < 4.78 is 32.5. The van der Waals surface area contributed by atoms with Crippen LogP contribution in [0.2, 0.25) is 0 Å². The summed E-state index contributed by atoms with van der Waals surface area (Å²) in [4.78, 5) is 12.4. The van der Waals surface area contributed by atoms with Gasteiger partial charge in [-0.05, 0) is 30.4 Å². The van der Waals surface area contributed by atoms with Crippen LogP contribution < -0.4 is 10.0 Å². The molecule has 1 aromatic rings. The van der Waals surface area contributed by atoms with Crippen molar-refractivity contribution >= 4 is 22.0 Å². The SMILES string of the molecule is CCCCOCCCNC(=O)[C@@H](NS(=O)(=O)/C=C/c1ccccc1)C(C)C. The van der Waals surface area contributed by atoms with Gasteiger partial charge in [-0.1, -0.05) is 57.5 Å². The molecule has 0 heterocycles. The lowest BCUT2D eigenvalue weighted by Gasteiger charge is -2.20. The molecule has 0 saturated heterocycles. The van der Waals surface area contributed by atoms with E-state index in [1.807, 2.05) is 32.0 Å². The summed E-state index contributed by atoms with van der Waals surface area (Å²) in [5.41, 5.74) is 0.775. The Labute approximate surface area is 163 Å². The third-order valence-corrected chi connectivity index (χ3v) is 4.96. The molecule has 2 N–H and O–H groups in total. The highest BCUT2D eigenvalue weighted by Gasteiger charge is 2.25. The average Bonchev–Trinajstić information content (AvgIpc) is 2.64. The van der Waals surface area contributed by atoms with Crippen molar-refractivity contribution in [3.05, 3.63) is 41.3 Å². The molecule has 0 radical (unpaired) electrons. The van der Waals surface area contributed by atoms with Crippen molar-refractivity contribution in [2.24, 2.45) is 5.92 Å². The quantitative estimate of drug-likeness (QED) is 0.502. The topological polar surface area (TPSA) is 84.5 Å². The Hall–Kier alpha value is -1.70. The Morgan fingerprint density at radius 3 is 2.44 bits per heavy atom. The van der Waals surface area contributed by atoms with Gasteiger partial charge < -0.3 is 10.1 Å². The number of amides is 1. The van der Waals surface area contributed by atoms with E-state index in [0.717, 1.165) is 30.4 Å². The molecule has 1 aromatic carbocycles. The number of carbonyl (C=O) groups excluding carboxylic acids is 1. The molecule has 0 spiro atoms. The second kappa shape index (κ2) is 12.6. The molecule has 1 amide bonds. The number of carbonyl (C=O) groups is 1. The van der Waals surface area contributed by atoms with E-state index in [4.69, 9.17) is 4.74 Å². The van der Waals surface area contributed by atoms with Gasteiger partial charge in [0.2, 0.25) is 15.9 Å². The minimum Gasteiger partial charge on any atom is -0.381 e. The first-order chi connectivity index (χ1) is 12.9. The van der Waals surface area contributed by atoms with Crippen molar-refractivity contribution in [1.29, 1.82) is 0 Å². The van der Waals surface area contributed by atoms with Crippen molar-refractivity contribution < 1.29 is 17.9 Å². The van der Waals surface area contributed by atoms with Crippen molar-refractivity contribution in [2.45, 2.75) is 46.1 Å². The van der Waals surface area contributed by atoms with Gasteiger partial charge in [0.15, 0.2) is 0 Å². The molecule has 27 heavy (non-hydrogen) atoms. The highest BCUT2D eigenvalue weighted by Crippen LogP contribution is 2.07. The zero-order valence-corrected chi connectivity index (χ0v) is 17.3. The van der Waals surface area contributed by atoms with Crippen LogP contribution in [0.15, 0.2) is 35.7 Å². The Morgan fingerprint density at radius 2 is 1.81 bits per heavy atom. The van der Waals surface area contributed by atoms with Gasteiger partial charge in [-0.25, -0.2) is 8.42 Å². The summed E-state index contributed by atoms with van der Waals surface area (Å²) in [6.07, 6.45) is 4.32. The van der Waals surface area contributed by atoms with Gasteiger partial charge in [-0.2, -0.15) is 4.72 Å². The molecule has 0 saturated carbocycles. The predicted octanol–water partition coefficient (Wildman–Crippen LogP) is 2.92. The van der Waals surface area contributed by atoms with Gasteiger partial charge in [-0.3, -0.25) is 4.79 Å². The van der Waals surface area contributed by atoms with E-state index in [1.54, 1.807) is 12.1 Å². The maximum absolute atomic E-state index is 12.4. The van der Waals surface area contributed by atoms with Crippen LogP contribution in [-0.2, 0) is 19.6 Å². The average molecular weight is 397 g/mol. The second-order valence-electron chi connectivity index (χ2n) is 6.71. The van der Waals surface area contributed by atoms with E-state index < -0.39 is 16.1 Å². The van der Waals surface area contributed by atoms with Crippen LogP contribution in [0.1, 0.15) is 45.6 Å². The number of unbranched alkanes of at least 4 members (excludes halogenated alkanes) is 1. The highest BCUT2D eigenvalue weighted by molar-refractivity contribution is 7.92. The molecule has 7 heteroatoms. The third kappa shape index (κ3) is 10.3. The van der Waals surface area contributed by atoms with E-state index in [-0.39, 0.29) is 11.8 Å². The molecule has 0 aliphatic carbocycles. The summed E-state index contributed by atoms with van der Waals surface area (Å²) in [6, 6.07) is 8.31. The summed E-state index contributed by atoms with van der Waals surface area (Å²) in [5.74, 6) is -0.499. The van der Waals surface area contributed by atoms with E-state index in [9.17, 15) is 13.2 Å². The van der Waals surface area contributed by atoms with Gasteiger partial charge >= 0.3 is 0 Å². The largest absolute Gasteiger partial charge is 0.381 e. The van der Waals surface area contributed by atoms with Gasteiger partial charge in [0.05, 0.1) is 0 Å². The van der Waals surface area contributed by atoms with Crippen LogP contribution in [0.3, 0.4) is 0 Å². The van der Waals surface area contributed by atoms with Gasteiger partial charge in [0.1, 0.15) is 6.04 Å². The summed E-state index contributed by atoms with van der Waals surface area (Å²) in [6.45, 7) is 7.48. The van der Waals surface area contributed by atoms with Crippen LogP contribution in [0.4, 0.5) is 0 Å². The molecule has 1 atom stereocenters. The standard InChI is InChI=1S/C20H32N2O4S/c1-4-5-14-26-15-9-13-21-20(23)19(17(2)3)22-27(24,25)16-12-18-10-7-6-8-11-18/h6-8,10-12,16-17,19,22H,4-5,9,13-15H2,1-3H3,(H,21,23)/b16-12+/t19-/m0/s1. The lowest BCUT2D eigenvalue weighted by molar-refractivity contribution is -0.123. The molecule has 0 unspecified atom stereocenters. The minimum absolute atomic E-state index is 0.175. The molecule has 0 aliphatic heterocycles. The van der Waals surface area contributed by atoms with Crippen LogP contribution in [0, 0.1) is 5.92 Å². The Balaban J connectivity index is 2.51. The number of sulfonamides is 1. The molecule has 6 nitrogen and oxygen atoms in total. The zero-order valence-electron chi connectivity index (χ0n) is 16.5. The van der Waals surface area contributed by atoms with Gasteiger partial charge in [0, 0.05) is 25.2 Å². The van der Waals surface area contributed by atoms with E-state index in [2.05, 4.69) is 17.0 Å². The molecule has 0 aliphatic rings. The molecule has 0 fully saturated rings. The lowest BCUT2D eigenvalue weighted by atomic mass is 10.1. The Morgan fingerprint density at radius 1 is 1.15 bits per heavy atom. The number of ether oxygens (including phenoxy) is 1. The first-order valence-corrected chi connectivity index (χ1v) is 11.0. The summed E-state index contributed by atoms with van der Waals surface area (Å²) in [7, 11) is -3.73. The number of benzene rings is 1. The fourth-order valence-corrected chi connectivity index (χ4v) is 3.43. The molecule has 152 valence electrons. The van der Waals surface area contributed by atoms with Crippen molar-refractivity contribution in [1.82, 2.24) is 10.0 Å². The number of hydrogen-bond donors (Lipinski definition) is 2. The number of rotatable bonds is 13. The Bertz CT molecular complexity index is 672. The first-order valence-electron chi connectivity index (χ1n) is 9.46. The fourth-order valence-electron chi connectivity index (χ4n) is 2.29. The molecule has 0 bridgehead atoms. The normalized spacial score (nSPS) is 13.2. The monoisotopic (exact) mass is 396 g/mol. The van der Waals surface area contributed by atoms with Gasteiger partial charge in [-0.15, -0.1) is 0 Å². The first kappa shape index (κ1) is 23.3. The molecule has 1 rings (SSSR count). The Kier molecular flexibility index (Phi) is 10.9. The fraction of sp³-hybridized carbons (Fsp3) is 0.550. The van der Waals surface area contributed by atoms with Crippen molar-refractivity contribution in [3.63, 3.8) is 0 Å². The maximum atomic E-state index is 12.4. The van der Waals surface area contributed by atoms with Crippen molar-refractivity contribution in [2.75, 3.05) is 19.8 Å². The van der Waals surface area contributed by atoms with Crippen LogP contribution in [0.25, 0.3) is 6.08 Å². The van der Waals surface area contributed by atoms with Crippen LogP contribution >= 0.6 is 0 Å².